The van der Waals surface area contributed by atoms with Crippen LogP contribution in [0.5, 0.6) is 0 Å². The number of thioether (sulfide) groups is 2. The fraction of sp³-hybridized carbons (Fsp3) is 0.438. The third-order valence-corrected chi connectivity index (χ3v) is 6.03. The van der Waals surface area contributed by atoms with Crippen LogP contribution in [0.4, 0.5) is 0 Å². The highest BCUT2D eigenvalue weighted by Gasteiger charge is 2.15. The van der Waals surface area contributed by atoms with Crippen molar-refractivity contribution in [1.82, 2.24) is 5.32 Å². The van der Waals surface area contributed by atoms with Gasteiger partial charge in [0.25, 0.3) is 5.91 Å². The number of nitrogens with two attached hydrogens (primary N) is 1. The Kier molecular flexibility index (Phi) is 6.50. The van der Waals surface area contributed by atoms with Crippen LogP contribution in [-0.2, 0) is 0 Å². The molecule has 1 aliphatic rings. The van der Waals surface area contributed by atoms with Gasteiger partial charge in [-0.2, -0.15) is 23.5 Å². The zero-order chi connectivity index (χ0) is 15.1. The van der Waals surface area contributed by atoms with Gasteiger partial charge in [-0.3, -0.25) is 4.79 Å². The molecular weight excluding hydrogens is 300 g/mol. The highest BCUT2D eigenvalue weighted by Crippen LogP contribution is 2.23. The van der Waals surface area contributed by atoms with E-state index in [1.807, 2.05) is 48.6 Å². The Morgan fingerprint density at radius 3 is 3.00 bits per heavy atom. The molecule has 1 aromatic rings. The normalized spacial score (nSPS) is 17.7. The van der Waals surface area contributed by atoms with Crippen LogP contribution in [0.2, 0.25) is 0 Å². The first kappa shape index (κ1) is 16.3. The second-order valence-electron chi connectivity index (χ2n) is 4.81. The van der Waals surface area contributed by atoms with Crippen LogP contribution in [0, 0.1) is 18.8 Å². The van der Waals surface area contributed by atoms with Crippen LogP contribution >= 0.6 is 23.5 Å². The lowest BCUT2D eigenvalue weighted by atomic mass is 10.0. The van der Waals surface area contributed by atoms with Crippen molar-refractivity contribution < 1.29 is 4.79 Å². The average Bonchev–Trinajstić information content (AvgIpc) is 2.52. The third kappa shape index (κ3) is 4.99. The van der Waals surface area contributed by atoms with Crippen molar-refractivity contribution in [2.45, 2.75) is 12.2 Å². The molecule has 1 aromatic carbocycles. The molecule has 3 N–H and O–H groups in total. The van der Waals surface area contributed by atoms with Crippen LogP contribution in [0.25, 0.3) is 0 Å². The minimum absolute atomic E-state index is 0.00684. The van der Waals surface area contributed by atoms with Gasteiger partial charge in [0, 0.05) is 40.2 Å². The lowest BCUT2D eigenvalue weighted by Crippen LogP contribution is -2.33. The summed E-state index contributed by atoms with van der Waals surface area (Å²) in [6.07, 6.45) is 0. The molecular formula is C16H20N2OS2. The zero-order valence-corrected chi connectivity index (χ0v) is 13.8. The van der Waals surface area contributed by atoms with Crippen LogP contribution < -0.4 is 11.1 Å². The molecule has 1 saturated heterocycles. The summed E-state index contributed by atoms with van der Waals surface area (Å²) in [5.74, 6) is 9.36. The molecule has 21 heavy (non-hydrogen) atoms. The molecule has 1 fully saturated rings. The zero-order valence-electron chi connectivity index (χ0n) is 12.1. The van der Waals surface area contributed by atoms with Gasteiger partial charge in [-0.25, -0.2) is 0 Å². The molecule has 5 heteroatoms. The maximum atomic E-state index is 12.2. The SMILES string of the molecule is Cc1cc(C(=O)NCC2CSCCS2)ccc1C#CCN. The van der Waals surface area contributed by atoms with E-state index in [-0.39, 0.29) is 5.91 Å². The molecule has 3 nitrogen and oxygen atoms in total. The molecule has 1 aliphatic heterocycles. The maximum Gasteiger partial charge on any atom is 0.251 e. The molecule has 0 aliphatic carbocycles. The van der Waals surface area contributed by atoms with Gasteiger partial charge in [0.15, 0.2) is 0 Å². The molecule has 1 heterocycles. The first-order valence-electron chi connectivity index (χ1n) is 6.98. The van der Waals surface area contributed by atoms with Crippen LogP contribution in [-0.4, -0.2) is 41.5 Å². The lowest BCUT2D eigenvalue weighted by molar-refractivity contribution is 0.0954. The molecule has 1 atom stereocenters. The summed E-state index contributed by atoms with van der Waals surface area (Å²) in [6.45, 7) is 3.05. The molecule has 0 saturated carbocycles. The average molecular weight is 320 g/mol. The van der Waals surface area contributed by atoms with E-state index >= 15 is 0 Å². The van der Waals surface area contributed by atoms with Gasteiger partial charge in [-0.1, -0.05) is 11.8 Å². The number of amides is 1. The molecule has 0 spiro atoms. The van der Waals surface area contributed by atoms with Crippen molar-refractivity contribution in [1.29, 1.82) is 0 Å². The highest BCUT2D eigenvalue weighted by atomic mass is 32.2. The van der Waals surface area contributed by atoms with E-state index in [0.29, 0.717) is 17.4 Å². The smallest absolute Gasteiger partial charge is 0.251 e. The Morgan fingerprint density at radius 1 is 1.48 bits per heavy atom. The topological polar surface area (TPSA) is 55.1 Å². The van der Waals surface area contributed by atoms with Crippen LogP contribution in [0.1, 0.15) is 21.5 Å². The first-order chi connectivity index (χ1) is 10.2. The predicted molar refractivity (Wildman–Crippen MR) is 93.0 cm³/mol. The highest BCUT2D eigenvalue weighted by molar-refractivity contribution is 8.06. The second kappa shape index (κ2) is 8.38. The number of aryl methyl sites for hydroxylation is 1. The van der Waals surface area contributed by atoms with Crippen molar-refractivity contribution in [2.75, 3.05) is 30.3 Å². The Balaban J connectivity index is 1.94. The van der Waals surface area contributed by atoms with E-state index in [4.69, 9.17) is 5.73 Å². The van der Waals surface area contributed by atoms with Crippen molar-refractivity contribution >= 4 is 29.4 Å². The summed E-state index contributed by atoms with van der Waals surface area (Å²) in [4.78, 5) is 12.2. The van der Waals surface area contributed by atoms with Crippen molar-refractivity contribution in [3.8, 4) is 11.8 Å². The van der Waals surface area contributed by atoms with Crippen molar-refractivity contribution in [2.24, 2.45) is 5.73 Å². The van der Waals surface area contributed by atoms with E-state index < -0.39 is 0 Å². The van der Waals surface area contributed by atoms with E-state index in [1.165, 1.54) is 11.5 Å². The fourth-order valence-electron chi connectivity index (χ4n) is 2.05. The number of carbonyl (C=O) groups is 1. The monoisotopic (exact) mass is 320 g/mol. The van der Waals surface area contributed by atoms with Gasteiger partial charge in [-0.05, 0) is 30.7 Å². The Labute approximate surface area is 134 Å². The number of hydrogen-bond acceptors (Lipinski definition) is 4. The van der Waals surface area contributed by atoms with Crippen molar-refractivity contribution in [3.63, 3.8) is 0 Å². The summed E-state index contributed by atoms with van der Waals surface area (Å²) >= 11 is 3.91. The van der Waals surface area contributed by atoms with Crippen LogP contribution in [0.3, 0.4) is 0 Å². The van der Waals surface area contributed by atoms with Crippen molar-refractivity contribution in [3.05, 3.63) is 34.9 Å². The quantitative estimate of drug-likeness (QED) is 0.835. The molecule has 2 rings (SSSR count). The van der Waals surface area contributed by atoms with E-state index in [1.54, 1.807) is 0 Å². The molecule has 112 valence electrons. The largest absolute Gasteiger partial charge is 0.351 e. The number of benzene rings is 1. The van der Waals surface area contributed by atoms with E-state index in [0.717, 1.165) is 23.4 Å². The maximum absolute atomic E-state index is 12.2. The molecule has 0 radical (unpaired) electrons. The van der Waals surface area contributed by atoms with E-state index in [2.05, 4.69) is 17.2 Å². The summed E-state index contributed by atoms with van der Waals surface area (Å²) in [5.41, 5.74) is 8.00. The van der Waals surface area contributed by atoms with E-state index in [9.17, 15) is 4.79 Å². The summed E-state index contributed by atoms with van der Waals surface area (Å²) < 4.78 is 0. The lowest BCUT2D eigenvalue weighted by Gasteiger charge is -2.21. The van der Waals surface area contributed by atoms with Gasteiger partial charge >= 0.3 is 0 Å². The summed E-state index contributed by atoms with van der Waals surface area (Å²) in [6, 6.07) is 5.60. The minimum atomic E-state index is -0.00684. The fourth-order valence-corrected chi connectivity index (χ4v) is 4.67. The Hall–Kier alpha value is -1.09. The number of hydrogen-bond donors (Lipinski definition) is 2. The molecule has 0 bridgehead atoms. The Morgan fingerprint density at radius 2 is 2.33 bits per heavy atom. The van der Waals surface area contributed by atoms with Gasteiger partial charge in [0.1, 0.15) is 0 Å². The van der Waals surface area contributed by atoms with Crippen LogP contribution in [0.15, 0.2) is 18.2 Å². The number of nitrogens with one attached hydrogen (secondary N) is 1. The summed E-state index contributed by atoms with van der Waals surface area (Å²) in [5, 5.41) is 3.56. The minimum Gasteiger partial charge on any atom is -0.351 e. The predicted octanol–water partition coefficient (Wildman–Crippen LogP) is 1.88. The van der Waals surface area contributed by atoms with Gasteiger partial charge in [-0.15, -0.1) is 0 Å². The second-order valence-corrected chi connectivity index (χ2v) is 7.37. The number of carbonyl (C=O) groups excluding carboxylic acids is 1. The van der Waals surface area contributed by atoms with Gasteiger partial charge in [0.05, 0.1) is 6.54 Å². The van der Waals surface area contributed by atoms with Gasteiger partial charge < -0.3 is 11.1 Å². The summed E-state index contributed by atoms with van der Waals surface area (Å²) in [7, 11) is 0. The first-order valence-corrected chi connectivity index (χ1v) is 9.18. The molecule has 1 unspecified atom stereocenters. The molecule has 1 amide bonds. The van der Waals surface area contributed by atoms with Gasteiger partial charge in [0.2, 0.25) is 0 Å². The standard InChI is InChI=1S/C16H20N2OS2/c1-12-9-14(5-4-13(12)3-2-6-17)16(19)18-10-15-11-20-7-8-21-15/h4-5,9,15H,6-8,10-11,17H2,1H3,(H,18,19). The number of rotatable bonds is 3. The molecule has 0 aromatic heterocycles. The Bertz CT molecular complexity index is 557. The third-order valence-electron chi connectivity index (χ3n) is 3.19.